The second-order valence-electron chi connectivity index (χ2n) is 0.983. The second kappa shape index (κ2) is 15.8. The molecule has 0 aliphatic heterocycles. The van der Waals surface area contributed by atoms with Crippen LogP contribution in [0.5, 0.6) is 0 Å². The normalized spacial score (nSPS) is 5.00. The molecule has 0 atom stereocenters. The van der Waals surface area contributed by atoms with E-state index in [0.717, 1.165) is 13.8 Å². The van der Waals surface area contributed by atoms with Crippen molar-refractivity contribution in [1.82, 2.24) is 0 Å². The monoisotopic (exact) mass is 192 g/mol. The second-order valence-corrected chi connectivity index (χ2v) is 0.983. The molecule has 5 nitrogen and oxygen atoms in total. The average Bonchev–Trinajstić information content (AvgIpc) is 1.25. The van der Waals surface area contributed by atoms with Gasteiger partial charge < -0.3 is 25.3 Å². The van der Waals surface area contributed by atoms with Crippen LogP contribution in [-0.2, 0) is 26.7 Å². The Balaban J connectivity index is -0.0000000300. The van der Waals surface area contributed by atoms with Crippen LogP contribution in [0.15, 0.2) is 0 Å². The minimum atomic E-state index is -1.08. The summed E-state index contributed by atoms with van der Waals surface area (Å²) in [6.45, 7) is 1.94. The molecule has 0 aliphatic rings. The molecule has 62 valence electrons. The Morgan fingerprint density at radius 1 is 1.00 bits per heavy atom. The molecule has 0 aromatic rings. The first-order valence-electron chi connectivity index (χ1n) is 1.82. The van der Waals surface area contributed by atoms with E-state index in [2.05, 4.69) is 0 Å². The molecule has 0 saturated heterocycles. The minimum Gasteiger partial charge on any atom is -0.550 e. The van der Waals surface area contributed by atoms with Gasteiger partial charge in [0.25, 0.3) is 0 Å². The summed E-state index contributed by atoms with van der Waals surface area (Å²) in [6.07, 6.45) is 0. The first-order valence-corrected chi connectivity index (χ1v) is 1.82. The van der Waals surface area contributed by atoms with E-state index in [1.807, 2.05) is 0 Å². The van der Waals surface area contributed by atoms with E-state index in [4.69, 9.17) is 19.8 Å². The molecule has 0 unspecified atom stereocenters. The van der Waals surface area contributed by atoms with Crippen molar-refractivity contribution in [2.45, 2.75) is 13.8 Å². The molecule has 0 heterocycles. The predicted molar refractivity (Wildman–Crippen MR) is 25.0 cm³/mol. The first kappa shape index (κ1) is 22.7. The number of carboxylic acids is 2. The fourth-order valence-corrected chi connectivity index (χ4v) is 0. The smallest absolute Gasteiger partial charge is 0.550 e. The van der Waals surface area contributed by atoms with E-state index in [9.17, 15) is 0 Å². The van der Waals surface area contributed by atoms with Crippen molar-refractivity contribution in [3.63, 3.8) is 0 Å². The molecule has 0 rings (SSSR count). The average molecular weight is 192 g/mol. The zero-order chi connectivity index (χ0) is 7.15. The zero-order valence-electron chi connectivity index (χ0n) is 5.49. The van der Waals surface area contributed by atoms with Gasteiger partial charge in [0.2, 0.25) is 0 Å². The topological polar surface area (TPSA) is 112 Å². The van der Waals surface area contributed by atoms with Crippen LogP contribution < -0.4 is 10.2 Å². The Kier molecular flexibility index (Phi) is 35.9. The summed E-state index contributed by atoms with van der Waals surface area (Å²) in [4.78, 5) is 17.8. The summed E-state index contributed by atoms with van der Waals surface area (Å²) in [5.41, 5.74) is 0. The van der Waals surface area contributed by atoms with Gasteiger partial charge in [-0.1, -0.05) is 0 Å². The molecule has 0 aromatic heterocycles. The molecular formula is C4H8FeO5. The van der Waals surface area contributed by atoms with Crippen LogP contribution in [0.4, 0.5) is 0 Å². The van der Waals surface area contributed by atoms with Gasteiger partial charge in [-0.05, 0) is 13.8 Å². The van der Waals surface area contributed by atoms with Crippen molar-refractivity contribution < 1.29 is 42.3 Å². The maximum Gasteiger partial charge on any atom is 2.00 e. The predicted octanol–water partition coefficient (Wildman–Crippen LogP) is -3.31. The number of carboxylic acid groups (broad SMARTS) is 2. The van der Waals surface area contributed by atoms with E-state index in [1.54, 1.807) is 0 Å². The molecule has 0 fully saturated rings. The SMILES string of the molecule is CC(=O)[O-].CC(=O)[O-].O.[Fe+2]. The van der Waals surface area contributed by atoms with Crippen molar-refractivity contribution >= 4 is 11.9 Å². The van der Waals surface area contributed by atoms with E-state index in [-0.39, 0.29) is 22.5 Å². The fourth-order valence-electron chi connectivity index (χ4n) is 0. The van der Waals surface area contributed by atoms with Gasteiger partial charge in [-0.3, -0.25) is 0 Å². The van der Waals surface area contributed by atoms with Crippen molar-refractivity contribution in [2.75, 3.05) is 0 Å². The summed E-state index contributed by atoms with van der Waals surface area (Å²) < 4.78 is 0. The number of hydrogen-bond donors (Lipinski definition) is 0. The Bertz CT molecular complexity index is 71.6. The Morgan fingerprint density at radius 2 is 1.00 bits per heavy atom. The number of carbonyl (C=O) groups excluding carboxylic acids is 2. The maximum atomic E-state index is 8.89. The van der Waals surface area contributed by atoms with Crippen LogP contribution in [0.25, 0.3) is 0 Å². The molecule has 0 aromatic carbocycles. The third kappa shape index (κ3) is 907. The fraction of sp³-hybridized carbons (Fsp3) is 0.500. The molecule has 6 heteroatoms. The number of carbonyl (C=O) groups is 2. The van der Waals surface area contributed by atoms with Crippen molar-refractivity contribution in [2.24, 2.45) is 0 Å². The summed E-state index contributed by atoms with van der Waals surface area (Å²) >= 11 is 0. The van der Waals surface area contributed by atoms with Crippen LogP contribution >= 0.6 is 0 Å². The van der Waals surface area contributed by atoms with Gasteiger partial charge in [0, 0.05) is 11.9 Å². The molecule has 0 spiro atoms. The minimum absolute atomic E-state index is 0. The van der Waals surface area contributed by atoms with Crippen LogP contribution in [0.2, 0.25) is 0 Å². The van der Waals surface area contributed by atoms with E-state index >= 15 is 0 Å². The number of aliphatic carboxylic acids is 2. The number of rotatable bonds is 0. The van der Waals surface area contributed by atoms with Crippen LogP contribution in [0.1, 0.15) is 13.8 Å². The van der Waals surface area contributed by atoms with Gasteiger partial charge >= 0.3 is 17.1 Å². The maximum absolute atomic E-state index is 8.89. The van der Waals surface area contributed by atoms with E-state index in [1.165, 1.54) is 0 Å². The molecule has 0 radical (unpaired) electrons. The Hall–Kier alpha value is -0.581. The molecule has 0 aliphatic carbocycles. The third-order valence-electron chi connectivity index (χ3n) is 0. The van der Waals surface area contributed by atoms with Gasteiger partial charge in [-0.25, -0.2) is 0 Å². The van der Waals surface area contributed by atoms with E-state index < -0.39 is 11.9 Å². The largest absolute Gasteiger partial charge is 2.00 e. The van der Waals surface area contributed by atoms with Gasteiger partial charge in [-0.2, -0.15) is 0 Å². The molecule has 0 saturated carbocycles. The molecule has 0 amide bonds. The van der Waals surface area contributed by atoms with Crippen LogP contribution in [-0.4, -0.2) is 17.4 Å². The van der Waals surface area contributed by atoms with Gasteiger partial charge in [0.15, 0.2) is 0 Å². The summed E-state index contributed by atoms with van der Waals surface area (Å²) in [7, 11) is 0. The Morgan fingerprint density at radius 3 is 1.00 bits per heavy atom. The molecule has 10 heavy (non-hydrogen) atoms. The summed E-state index contributed by atoms with van der Waals surface area (Å²) in [6, 6.07) is 0. The van der Waals surface area contributed by atoms with E-state index in [0.29, 0.717) is 0 Å². The summed E-state index contributed by atoms with van der Waals surface area (Å²) in [5, 5.41) is 17.8. The molecular weight excluding hydrogens is 184 g/mol. The van der Waals surface area contributed by atoms with Gasteiger partial charge in [0.1, 0.15) is 0 Å². The first-order chi connectivity index (χ1) is 3.46. The quantitative estimate of drug-likeness (QED) is 0.373. The number of hydrogen-bond acceptors (Lipinski definition) is 4. The summed E-state index contributed by atoms with van der Waals surface area (Å²) in [5.74, 6) is -2.17. The molecule has 0 bridgehead atoms. The Labute approximate surface area is 68.8 Å². The zero-order valence-corrected chi connectivity index (χ0v) is 6.59. The van der Waals surface area contributed by atoms with Crippen molar-refractivity contribution in [1.29, 1.82) is 0 Å². The van der Waals surface area contributed by atoms with Crippen LogP contribution in [0.3, 0.4) is 0 Å². The van der Waals surface area contributed by atoms with Crippen LogP contribution in [0, 0.1) is 0 Å². The molecule has 2 N–H and O–H groups in total. The van der Waals surface area contributed by atoms with Gasteiger partial charge in [0.05, 0.1) is 0 Å². The van der Waals surface area contributed by atoms with Crippen molar-refractivity contribution in [3.8, 4) is 0 Å². The standard InChI is InChI=1S/2C2H4O2.Fe.H2O/c2*1-2(3)4;;/h2*1H3,(H,3,4);;1H2/q;;+2;/p-2. The third-order valence-corrected chi connectivity index (χ3v) is 0. The van der Waals surface area contributed by atoms with Gasteiger partial charge in [-0.15, -0.1) is 0 Å². The van der Waals surface area contributed by atoms with Crippen molar-refractivity contribution in [3.05, 3.63) is 0 Å².